The van der Waals surface area contributed by atoms with Gasteiger partial charge in [-0.05, 0) is 47.8 Å². The molecule has 0 aliphatic carbocycles. The average molecular weight is 354 g/mol. The summed E-state index contributed by atoms with van der Waals surface area (Å²) in [6.07, 6.45) is 1.32. The highest BCUT2D eigenvalue weighted by molar-refractivity contribution is 8.16. The Morgan fingerprint density at radius 3 is 2.75 bits per heavy atom. The van der Waals surface area contributed by atoms with Crippen molar-refractivity contribution < 1.29 is 4.74 Å². The van der Waals surface area contributed by atoms with E-state index >= 15 is 0 Å². The Labute approximate surface area is 151 Å². The van der Waals surface area contributed by atoms with Crippen LogP contribution in [0.4, 0.5) is 0 Å². The van der Waals surface area contributed by atoms with E-state index in [-0.39, 0.29) is 0 Å². The molecule has 1 fully saturated rings. The Balaban J connectivity index is 1.46. The molecule has 0 unspecified atom stereocenters. The number of fused-ring (bicyclic) bond motifs is 1. The average Bonchev–Trinajstić information content (AvgIpc) is 2.67. The number of benzene rings is 2. The Morgan fingerprint density at radius 2 is 1.83 bits per heavy atom. The zero-order valence-electron chi connectivity index (χ0n) is 13.4. The van der Waals surface area contributed by atoms with E-state index in [4.69, 9.17) is 4.74 Å². The zero-order chi connectivity index (χ0) is 16.2. The number of ether oxygens (including phenoxy) is 1. The van der Waals surface area contributed by atoms with Crippen LogP contribution in [0.2, 0.25) is 0 Å². The second kappa shape index (κ2) is 7.49. The maximum Gasteiger partial charge on any atom is 0.130 e. The van der Waals surface area contributed by atoms with Gasteiger partial charge in [-0.15, -0.1) is 23.5 Å². The number of aromatic nitrogens is 1. The van der Waals surface area contributed by atoms with E-state index in [1.807, 2.05) is 53.9 Å². The van der Waals surface area contributed by atoms with Crippen molar-refractivity contribution in [1.29, 1.82) is 0 Å². The van der Waals surface area contributed by atoms with Crippen molar-refractivity contribution in [2.24, 2.45) is 0 Å². The minimum absolute atomic E-state index is 0.499. The van der Waals surface area contributed by atoms with Crippen LogP contribution in [0.1, 0.15) is 22.3 Å². The van der Waals surface area contributed by atoms with Gasteiger partial charge >= 0.3 is 0 Å². The number of hydrogen-bond acceptors (Lipinski definition) is 4. The molecule has 0 bridgehead atoms. The summed E-state index contributed by atoms with van der Waals surface area (Å²) in [6.45, 7) is 0.499. The molecule has 1 aliphatic heterocycles. The first-order valence-corrected chi connectivity index (χ1v) is 10.3. The SMILES string of the molecule is c1cc(OCc2ccc3ccccc3n2)cc(C2SCCCS2)c1. The molecule has 4 heteroatoms. The van der Waals surface area contributed by atoms with Gasteiger partial charge in [0.05, 0.1) is 15.8 Å². The predicted octanol–water partition coefficient (Wildman–Crippen LogP) is 5.68. The molecule has 0 amide bonds. The summed E-state index contributed by atoms with van der Waals surface area (Å²) in [5.41, 5.74) is 3.33. The topological polar surface area (TPSA) is 22.1 Å². The maximum absolute atomic E-state index is 5.99. The van der Waals surface area contributed by atoms with Crippen molar-refractivity contribution in [1.82, 2.24) is 4.98 Å². The largest absolute Gasteiger partial charge is 0.487 e. The van der Waals surface area contributed by atoms with Crippen LogP contribution in [0, 0.1) is 0 Å². The molecule has 2 heterocycles. The van der Waals surface area contributed by atoms with Crippen LogP contribution in [0.25, 0.3) is 10.9 Å². The number of pyridine rings is 1. The van der Waals surface area contributed by atoms with Gasteiger partial charge in [-0.1, -0.05) is 36.4 Å². The van der Waals surface area contributed by atoms with E-state index in [9.17, 15) is 0 Å². The number of nitrogens with zero attached hydrogens (tertiary/aromatic N) is 1. The van der Waals surface area contributed by atoms with Crippen molar-refractivity contribution in [2.75, 3.05) is 11.5 Å². The highest BCUT2D eigenvalue weighted by Crippen LogP contribution is 2.44. The lowest BCUT2D eigenvalue weighted by Gasteiger charge is -2.21. The predicted molar refractivity (Wildman–Crippen MR) is 105 cm³/mol. The molecule has 2 aromatic carbocycles. The highest BCUT2D eigenvalue weighted by Gasteiger charge is 2.16. The first-order chi connectivity index (χ1) is 11.9. The van der Waals surface area contributed by atoms with Gasteiger partial charge in [0.1, 0.15) is 12.4 Å². The minimum Gasteiger partial charge on any atom is -0.487 e. The second-order valence-corrected chi connectivity index (χ2v) is 8.51. The van der Waals surface area contributed by atoms with Gasteiger partial charge in [-0.2, -0.15) is 0 Å². The maximum atomic E-state index is 5.99. The molecule has 24 heavy (non-hydrogen) atoms. The molecule has 0 N–H and O–H groups in total. The van der Waals surface area contributed by atoms with Gasteiger partial charge in [0.15, 0.2) is 0 Å². The van der Waals surface area contributed by atoms with Crippen molar-refractivity contribution in [3.63, 3.8) is 0 Å². The van der Waals surface area contributed by atoms with Crippen molar-refractivity contribution in [2.45, 2.75) is 17.6 Å². The zero-order valence-corrected chi connectivity index (χ0v) is 15.0. The normalized spacial score (nSPS) is 15.5. The third-order valence-corrected chi connectivity index (χ3v) is 7.02. The van der Waals surface area contributed by atoms with Crippen LogP contribution in [0.5, 0.6) is 5.75 Å². The summed E-state index contributed by atoms with van der Waals surface area (Å²) in [5, 5.41) is 1.16. The number of hydrogen-bond donors (Lipinski definition) is 0. The van der Waals surface area contributed by atoms with Gasteiger partial charge in [-0.25, -0.2) is 4.98 Å². The summed E-state index contributed by atoms with van der Waals surface area (Å²) < 4.78 is 6.53. The lowest BCUT2D eigenvalue weighted by Crippen LogP contribution is -2.02. The van der Waals surface area contributed by atoms with Crippen molar-refractivity contribution >= 4 is 34.4 Å². The Hall–Kier alpha value is -1.65. The lowest BCUT2D eigenvalue weighted by molar-refractivity contribution is 0.301. The molecule has 1 aliphatic rings. The monoisotopic (exact) mass is 353 g/mol. The van der Waals surface area contributed by atoms with Crippen LogP contribution in [-0.4, -0.2) is 16.5 Å². The van der Waals surface area contributed by atoms with Gasteiger partial charge in [-0.3, -0.25) is 0 Å². The Kier molecular flexibility index (Phi) is 4.95. The molecule has 0 spiro atoms. The molecule has 0 atom stereocenters. The molecule has 3 aromatic rings. The van der Waals surface area contributed by atoms with Gasteiger partial charge in [0.25, 0.3) is 0 Å². The molecule has 0 saturated carbocycles. The third kappa shape index (κ3) is 3.70. The fourth-order valence-electron chi connectivity index (χ4n) is 2.78. The molecule has 1 saturated heterocycles. The van der Waals surface area contributed by atoms with E-state index in [1.165, 1.54) is 23.5 Å². The lowest BCUT2D eigenvalue weighted by atomic mass is 10.2. The quantitative estimate of drug-likeness (QED) is 0.601. The van der Waals surface area contributed by atoms with Crippen LogP contribution in [0.15, 0.2) is 60.7 Å². The van der Waals surface area contributed by atoms with Crippen LogP contribution in [-0.2, 0) is 6.61 Å². The number of thioether (sulfide) groups is 2. The van der Waals surface area contributed by atoms with E-state index in [2.05, 4.69) is 35.3 Å². The summed E-state index contributed by atoms with van der Waals surface area (Å²) in [6, 6.07) is 20.8. The summed E-state index contributed by atoms with van der Waals surface area (Å²) >= 11 is 4.07. The number of para-hydroxylation sites is 1. The van der Waals surface area contributed by atoms with Crippen LogP contribution in [0.3, 0.4) is 0 Å². The third-order valence-electron chi connectivity index (χ3n) is 4.00. The minimum atomic E-state index is 0.499. The van der Waals surface area contributed by atoms with Crippen LogP contribution < -0.4 is 4.74 Å². The van der Waals surface area contributed by atoms with E-state index < -0.39 is 0 Å². The summed E-state index contributed by atoms with van der Waals surface area (Å²) in [5.74, 6) is 3.43. The van der Waals surface area contributed by atoms with Gasteiger partial charge in [0.2, 0.25) is 0 Å². The van der Waals surface area contributed by atoms with Crippen molar-refractivity contribution in [3.05, 3.63) is 71.9 Å². The van der Waals surface area contributed by atoms with Gasteiger partial charge < -0.3 is 4.74 Å². The molecular formula is C20H19NOS2. The molecule has 4 rings (SSSR count). The molecule has 2 nitrogen and oxygen atoms in total. The van der Waals surface area contributed by atoms with Crippen LogP contribution >= 0.6 is 23.5 Å². The standard InChI is InChI=1S/C20H19NOS2/c1-2-8-19-15(5-1)9-10-17(21-19)14-22-18-7-3-6-16(13-18)20-23-11-4-12-24-20/h1-3,5-10,13,20H,4,11-12,14H2. The fourth-order valence-corrected chi connectivity index (χ4v) is 5.65. The van der Waals surface area contributed by atoms with E-state index in [1.54, 1.807) is 0 Å². The molecular weight excluding hydrogens is 334 g/mol. The van der Waals surface area contributed by atoms with Gasteiger partial charge in [0, 0.05) is 5.39 Å². The van der Waals surface area contributed by atoms with Crippen molar-refractivity contribution in [3.8, 4) is 5.75 Å². The summed E-state index contributed by atoms with van der Waals surface area (Å²) in [4.78, 5) is 4.67. The smallest absolute Gasteiger partial charge is 0.130 e. The first-order valence-electron chi connectivity index (χ1n) is 8.19. The van der Waals surface area contributed by atoms with E-state index in [0.29, 0.717) is 11.2 Å². The molecule has 122 valence electrons. The first kappa shape index (κ1) is 15.9. The fraction of sp³-hybridized carbons (Fsp3) is 0.250. The molecule has 0 radical (unpaired) electrons. The summed E-state index contributed by atoms with van der Waals surface area (Å²) in [7, 11) is 0. The van der Waals surface area contributed by atoms with E-state index in [0.717, 1.165) is 22.3 Å². The second-order valence-electron chi connectivity index (χ2n) is 5.78. The number of rotatable bonds is 4. The Morgan fingerprint density at radius 1 is 0.958 bits per heavy atom. The Bertz CT molecular complexity index is 830. The molecule has 1 aromatic heterocycles. The highest BCUT2D eigenvalue weighted by atomic mass is 32.2.